The Hall–Kier alpha value is -2.22. The van der Waals surface area contributed by atoms with Crippen molar-refractivity contribution in [3.8, 4) is 5.75 Å². The number of fused-ring (bicyclic) bond motifs is 2. The zero-order valence-corrected chi connectivity index (χ0v) is 15.4. The first-order valence-corrected chi connectivity index (χ1v) is 10.1. The van der Waals surface area contributed by atoms with Crippen LogP contribution in [0.4, 0.5) is 0 Å². The normalized spacial score (nSPS) is 19.2. The first kappa shape index (κ1) is 16.0. The van der Waals surface area contributed by atoms with Crippen LogP contribution in [-0.4, -0.2) is 18.0 Å². The van der Waals surface area contributed by atoms with Gasteiger partial charge in [-0.15, -0.1) is 0 Å². The summed E-state index contributed by atoms with van der Waals surface area (Å²) in [6.45, 7) is 3.15. The molecule has 0 aromatic heterocycles. The molecule has 26 heavy (non-hydrogen) atoms. The lowest BCUT2D eigenvalue weighted by atomic mass is 9.84. The van der Waals surface area contributed by atoms with Gasteiger partial charge in [0.15, 0.2) is 0 Å². The fraction of sp³-hybridized carbons (Fsp3) is 0.417. The van der Waals surface area contributed by atoms with E-state index in [4.69, 9.17) is 4.74 Å². The summed E-state index contributed by atoms with van der Waals surface area (Å²) >= 11 is 0. The molecule has 5 rings (SSSR count). The van der Waals surface area contributed by atoms with Gasteiger partial charge in [-0.1, -0.05) is 42.8 Å². The first-order chi connectivity index (χ1) is 12.9. The minimum Gasteiger partial charge on any atom is -0.489 e. The van der Waals surface area contributed by atoms with E-state index in [-0.39, 0.29) is 0 Å². The summed E-state index contributed by atoms with van der Waals surface area (Å²) in [7, 11) is 0. The molecular weight excluding hydrogens is 318 g/mol. The van der Waals surface area contributed by atoms with Gasteiger partial charge in [-0.2, -0.15) is 0 Å². The van der Waals surface area contributed by atoms with E-state index in [1.807, 2.05) is 6.07 Å². The molecule has 2 aliphatic carbocycles. The van der Waals surface area contributed by atoms with E-state index in [2.05, 4.69) is 47.4 Å². The van der Waals surface area contributed by atoms with Gasteiger partial charge >= 0.3 is 0 Å². The van der Waals surface area contributed by atoms with Gasteiger partial charge < -0.3 is 9.64 Å². The molecule has 2 aromatic rings. The molecule has 1 saturated carbocycles. The summed E-state index contributed by atoms with van der Waals surface area (Å²) < 4.78 is 6.09. The number of hydrogen-bond acceptors (Lipinski definition) is 2. The predicted octanol–water partition coefficient (Wildman–Crippen LogP) is 5.43. The predicted molar refractivity (Wildman–Crippen MR) is 106 cm³/mol. The quantitative estimate of drug-likeness (QED) is 0.716. The minimum atomic E-state index is 0.638. The van der Waals surface area contributed by atoms with Crippen molar-refractivity contribution in [2.45, 2.75) is 45.1 Å². The largest absolute Gasteiger partial charge is 0.489 e. The molecular formula is C24H27NO. The highest BCUT2D eigenvalue weighted by molar-refractivity contribution is 5.75. The third-order valence-electron chi connectivity index (χ3n) is 6.35. The van der Waals surface area contributed by atoms with E-state index < -0.39 is 0 Å². The maximum Gasteiger partial charge on any atom is 0.120 e. The lowest BCUT2D eigenvalue weighted by Gasteiger charge is -2.33. The lowest BCUT2D eigenvalue weighted by Crippen LogP contribution is -2.30. The van der Waals surface area contributed by atoms with Crippen LogP contribution in [0, 0.1) is 5.92 Å². The van der Waals surface area contributed by atoms with Crippen molar-refractivity contribution in [3.05, 3.63) is 70.9 Å². The molecule has 0 bridgehead atoms. The molecule has 0 amide bonds. The van der Waals surface area contributed by atoms with Crippen LogP contribution >= 0.6 is 0 Å². The summed E-state index contributed by atoms with van der Waals surface area (Å²) in [4.78, 5) is 2.69. The molecule has 0 unspecified atom stereocenters. The van der Waals surface area contributed by atoms with Crippen molar-refractivity contribution < 1.29 is 4.74 Å². The Bertz CT molecular complexity index is 819. The van der Waals surface area contributed by atoms with Crippen LogP contribution in [0.1, 0.15) is 48.8 Å². The zero-order valence-electron chi connectivity index (χ0n) is 15.4. The first-order valence-electron chi connectivity index (χ1n) is 10.1. The highest BCUT2D eigenvalue weighted by atomic mass is 16.5. The number of benzene rings is 2. The van der Waals surface area contributed by atoms with E-state index in [9.17, 15) is 0 Å². The monoisotopic (exact) mass is 345 g/mol. The van der Waals surface area contributed by atoms with Crippen LogP contribution in [-0.2, 0) is 13.0 Å². The summed E-state index contributed by atoms with van der Waals surface area (Å²) in [6, 6.07) is 17.1. The van der Waals surface area contributed by atoms with Gasteiger partial charge in [0.25, 0.3) is 0 Å². The van der Waals surface area contributed by atoms with Crippen molar-refractivity contribution >= 4 is 5.57 Å². The van der Waals surface area contributed by atoms with Gasteiger partial charge in [0, 0.05) is 18.8 Å². The van der Waals surface area contributed by atoms with Crippen LogP contribution in [0.2, 0.25) is 0 Å². The van der Waals surface area contributed by atoms with Gasteiger partial charge in [0.2, 0.25) is 0 Å². The van der Waals surface area contributed by atoms with Crippen LogP contribution in [0.5, 0.6) is 5.75 Å². The molecule has 0 spiro atoms. The van der Waals surface area contributed by atoms with Gasteiger partial charge in [-0.05, 0) is 72.4 Å². The van der Waals surface area contributed by atoms with E-state index >= 15 is 0 Å². The minimum absolute atomic E-state index is 0.638. The topological polar surface area (TPSA) is 12.5 Å². The van der Waals surface area contributed by atoms with Crippen LogP contribution in [0.15, 0.2) is 54.2 Å². The second-order valence-electron chi connectivity index (χ2n) is 8.01. The van der Waals surface area contributed by atoms with Crippen molar-refractivity contribution in [2.75, 3.05) is 13.1 Å². The third-order valence-corrected chi connectivity index (χ3v) is 6.35. The third kappa shape index (κ3) is 3.02. The maximum absolute atomic E-state index is 6.09. The number of allylic oxidation sites excluding steroid dienone is 1. The summed E-state index contributed by atoms with van der Waals surface area (Å²) in [5, 5.41) is 0. The molecule has 2 nitrogen and oxygen atoms in total. The summed E-state index contributed by atoms with van der Waals surface area (Å²) in [5.74, 6) is 1.95. The maximum atomic E-state index is 6.09. The SMILES string of the molecule is c1ccc(COc2ccc3c(c2)C2=C(CC3)N(CC3CCC3)CC2)cc1. The Balaban J connectivity index is 1.35. The van der Waals surface area contributed by atoms with Gasteiger partial charge in [0.1, 0.15) is 12.4 Å². The van der Waals surface area contributed by atoms with Crippen molar-refractivity contribution in [3.63, 3.8) is 0 Å². The van der Waals surface area contributed by atoms with Crippen molar-refractivity contribution in [1.82, 2.24) is 4.90 Å². The van der Waals surface area contributed by atoms with Crippen molar-refractivity contribution in [2.24, 2.45) is 5.92 Å². The molecule has 1 aliphatic heterocycles. The number of hydrogen-bond donors (Lipinski definition) is 0. The summed E-state index contributed by atoms with van der Waals surface area (Å²) in [6.07, 6.45) is 7.92. The summed E-state index contributed by atoms with van der Waals surface area (Å²) in [5.41, 5.74) is 7.40. The average molecular weight is 345 g/mol. The fourth-order valence-corrected chi connectivity index (χ4v) is 4.64. The van der Waals surface area contributed by atoms with Crippen molar-refractivity contribution in [1.29, 1.82) is 0 Å². The molecule has 0 N–H and O–H groups in total. The van der Waals surface area contributed by atoms with E-state index in [1.54, 1.807) is 11.3 Å². The van der Waals surface area contributed by atoms with E-state index in [0.717, 1.165) is 11.7 Å². The molecule has 1 heterocycles. The molecule has 134 valence electrons. The standard InChI is InChI=1S/C24H27NO/c1-2-5-19(6-3-1)17-26-21-11-9-20-10-12-24-22(23(20)15-21)13-14-25(24)16-18-7-4-8-18/h1-3,5-6,9,11,15,18H,4,7-8,10,12-14,16-17H2. The molecule has 3 aliphatic rings. The van der Waals surface area contributed by atoms with Gasteiger partial charge in [-0.25, -0.2) is 0 Å². The Morgan fingerprint density at radius 3 is 2.65 bits per heavy atom. The molecule has 2 aromatic carbocycles. The molecule has 0 atom stereocenters. The molecule has 0 radical (unpaired) electrons. The highest BCUT2D eigenvalue weighted by Gasteiger charge is 2.30. The van der Waals surface area contributed by atoms with Gasteiger partial charge in [0.05, 0.1) is 0 Å². The number of aryl methyl sites for hydroxylation is 1. The Kier molecular flexibility index (Phi) is 4.20. The Labute approximate surface area is 156 Å². The molecule has 2 heteroatoms. The van der Waals surface area contributed by atoms with Gasteiger partial charge in [-0.3, -0.25) is 0 Å². The smallest absolute Gasteiger partial charge is 0.120 e. The molecule has 0 saturated heterocycles. The Morgan fingerprint density at radius 1 is 0.962 bits per heavy atom. The van der Waals surface area contributed by atoms with Crippen LogP contribution in [0.25, 0.3) is 5.57 Å². The number of nitrogens with zero attached hydrogens (tertiary/aromatic N) is 1. The van der Waals surface area contributed by atoms with Crippen LogP contribution < -0.4 is 4.74 Å². The Morgan fingerprint density at radius 2 is 1.85 bits per heavy atom. The van der Waals surface area contributed by atoms with Crippen LogP contribution in [0.3, 0.4) is 0 Å². The number of rotatable bonds is 5. The second kappa shape index (κ2) is 6.83. The molecule has 1 fully saturated rings. The second-order valence-corrected chi connectivity index (χ2v) is 8.01. The zero-order chi connectivity index (χ0) is 17.3. The fourth-order valence-electron chi connectivity index (χ4n) is 4.64. The van der Waals surface area contributed by atoms with E-state index in [1.165, 1.54) is 68.3 Å². The lowest BCUT2D eigenvalue weighted by molar-refractivity contribution is 0.218. The highest BCUT2D eigenvalue weighted by Crippen LogP contribution is 2.42. The van der Waals surface area contributed by atoms with E-state index in [0.29, 0.717) is 6.61 Å². The average Bonchev–Trinajstić information content (AvgIpc) is 3.07. The number of ether oxygens (including phenoxy) is 1.